The van der Waals surface area contributed by atoms with Gasteiger partial charge in [-0.3, -0.25) is 4.79 Å². The zero-order valence-electron chi connectivity index (χ0n) is 24.8. The Bertz CT molecular complexity index is 1600. The Hall–Kier alpha value is -3.63. The molecule has 0 spiro atoms. The number of phenols is 1. The molecular formula is C32H32O13S. The molecule has 5 aliphatic rings. The molecule has 8 rings (SSSR count). The number of hydrogen-bond acceptors (Lipinski definition) is 14. The van der Waals surface area contributed by atoms with Gasteiger partial charge in [0.1, 0.15) is 24.4 Å². The molecule has 244 valence electrons. The van der Waals surface area contributed by atoms with Gasteiger partial charge in [-0.15, -0.1) is 11.3 Å². The highest BCUT2D eigenvalue weighted by molar-refractivity contribution is 7.10. The second-order valence-electron chi connectivity index (χ2n) is 11.8. The molecule has 0 unspecified atom stereocenters. The third-order valence-electron chi connectivity index (χ3n) is 9.37. The van der Waals surface area contributed by atoms with E-state index in [2.05, 4.69) is 0 Å². The Morgan fingerprint density at radius 2 is 1.65 bits per heavy atom. The van der Waals surface area contributed by atoms with E-state index in [0.29, 0.717) is 28.2 Å². The second kappa shape index (κ2) is 11.6. The van der Waals surface area contributed by atoms with Crippen molar-refractivity contribution in [3.63, 3.8) is 0 Å². The molecule has 0 saturated carbocycles. The maximum Gasteiger partial charge on any atom is 0.310 e. The molecule has 10 atom stereocenters. The van der Waals surface area contributed by atoms with Gasteiger partial charge in [0.15, 0.2) is 35.6 Å². The normalized spacial score (nSPS) is 34.3. The molecule has 0 amide bonds. The maximum absolute atomic E-state index is 13.5. The Labute approximate surface area is 267 Å². The number of aliphatic hydroxyl groups excluding tert-OH is 2. The number of hydrogen-bond donors (Lipinski definition) is 3. The van der Waals surface area contributed by atoms with Crippen molar-refractivity contribution in [3.05, 3.63) is 63.3 Å². The molecule has 3 aromatic rings. The number of aromatic hydroxyl groups is 1. The van der Waals surface area contributed by atoms with Gasteiger partial charge in [0.2, 0.25) is 12.5 Å². The van der Waals surface area contributed by atoms with Crippen molar-refractivity contribution >= 4 is 17.3 Å². The van der Waals surface area contributed by atoms with Crippen molar-refractivity contribution in [3.8, 4) is 28.7 Å². The standard InChI is InChI=1S/C32H32O13S/c1-37-19-6-13(7-20(38-2)25(19)33)23-14-8-17-18(42-12-41-17)9-15(14)28(16-10-39-30(36)24(16)23)44-32-27(35)26(34)29-21(43-32)11-40-31(45-29)22-4-3-5-46-22/h3-9,16,21,23-24,26-29,31-35H,10-12H2,1-2H3/t16-,21+,23+,24-,26+,27+,28+,29+,31+,32-/m1/s1. The Morgan fingerprint density at radius 1 is 0.913 bits per heavy atom. The van der Waals surface area contributed by atoms with E-state index >= 15 is 0 Å². The lowest BCUT2D eigenvalue weighted by Gasteiger charge is -2.48. The molecule has 3 N–H and O–H groups in total. The summed E-state index contributed by atoms with van der Waals surface area (Å²) in [5.41, 5.74) is 2.00. The molecule has 1 aliphatic carbocycles. The fraction of sp³-hybridized carbons (Fsp3) is 0.469. The molecule has 3 fully saturated rings. The third kappa shape index (κ3) is 4.70. The summed E-state index contributed by atoms with van der Waals surface area (Å²) in [6.45, 7) is 0.171. The summed E-state index contributed by atoms with van der Waals surface area (Å²) < 4.78 is 52.6. The SMILES string of the molecule is COc1cc([C@H]2c3cc4c(cc3[C@H](O[C@H]3O[C@H]5CO[C@H](c6cccs6)O[C@@H]5[C@@H](O)[C@@H]3O)[C@@H]3COC(=O)[C@@H]23)OCO4)cc(OC)c1O. The van der Waals surface area contributed by atoms with E-state index in [4.69, 9.17) is 42.6 Å². The summed E-state index contributed by atoms with van der Waals surface area (Å²) in [7, 11) is 2.86. The first-order valence-corrected chi connectivity index (χ1v) is 15.8. The lowest BCUT2D eigenvalue weighted by Crippen LogP contribution is -2.62. The Balaban J connectivity index is 1.16. The number of thiophene rings is 1. The molecule has 14 heteroatoms. The van der Waals surface area contributed by atoms with Crippen molar-refractivity contribution < 1.29 is 62.7 Å². The number of benzene rings is 2. The molecule has 13 nitrogen and oxygen atoms in total. The van der Waals surface area contributed by atoms with Gasteiger partial charge in [-0.05, 0) is 52.4 Å². The molecule has 5 heterocycles. The number of carbonyl (C=O) groups excluding carboxylic acids is 1. The van der Waals surface area contributed by atoms with Crippen LogP contribution in [0.1, 0.15) is 39.9 Å². The lowest BCUT2D eigenvalue weighted by atomic mass is 9.66. The van der Waals surface area contributed by atoms with Crippen LogP contribution in [0.4, 0.5) is 0 Å². The van der Waals surface area contributed by atoms with E-state index in [1.165, 1.54) is 25.6 Å². The molecule has 2 aromatic carbocycles. The van der Waals surface area contributed by atoms with E-state index in [-0.39, 0.29) is 37.3 Å². The number of ether oxygens (including phenoxy) is 9. The van der Waals surface area contributed by atoms with Crippen LogP contribution in [-0.2, 0) is 28.5 Å². The molecule has 4 aliphatic heterocycles. The van der Waals surface area contributed by atoms with Gasteiger partial charge in [0.05, 0.1) is 44.3 Å². The van der Waals surface area contributed by atoms with E-state index in [1.54, 1.807) is 18.2 Å². The highest BCUT2D eigenvalue weighted by Gasteiger charge is 2.56. The van der Waals surface area contributed by atoms with Crippen LogP contribution in [0.2, 0.25) is 0 Å². The number of methoxy groups -OCH3 is 2. The van der Waals surface area contributed by atoms with Crippen LogP contribution in [0.25, 0.3) is 0 Å². The summed E-state index contributed by atoms with van der Waals surface area (Å²) in [5.74, 6) is -1.08. The molecule has 46 heavy (non-hydrogen) atoms. The van der Waals surface area contributed by atoms with Gasteiger partial charge >= 0.3 is 5.97 Å². The maximum atomic E-state index is 13.5. The van der Waals surface area contributed by atoms with Gasteiger partial charge < -0.3 is 58.0 Å². The predicted octanol–water partition coefficient (Wildman–Crippen LogP) is 2.75. The van der Waals surface area contributed by atoms with Gasteiger partial charge in [-0.1, -0.05) is 6.07 Å². The molecule has 1 aromatic heterocycles. The van der Waals surface area contributed by atoms with Crippen LogP contribution in [0.3, 0.4) is 0 Å². The fourth-order valence-electron chi connectivity index (χ4n) is 7.18. The Morgan fingerprint density at radius 3 is 2.35 bits per heavy atom. The zero-order chi connectivity index (χ0) is 31.7. The third-order valence-corrected chi connectivity index (χ3v) is 10.3. The summed E-state index contributed by atoms with van der Waals surface area (Å²) in [5, 5.41) is 35.0. The quantitative estimate of drug-likeness (QED) is 0.333. The van der Waals surface area contributed by atoms with Crippen molar-refractivity contribution in [2.75, 3.05) is 34.2 Å². The largest absolute Gasteiger partial charge is 0.502 e. The van der Waals surface area contributed by atoms with Gasteiger partial charge in [0, 0.05) is 11.8 Å². The number of cyclic esters (lactones) is 1. The number of fused-ring (bicyclic) bond motifs is 4. The fourth-order valence-corrected chi connectivity index (χ4v) is 7.89. The van der Waals surface area contributed by atoms with Crippen LogP contribution < -0.4 is 18.9 Å². The van der Waals surface area contributed by atoms with Crippen LogP contribution in [0.15, 0.2) is 41.8 Å². The summed E-state index contributed by atoms with van der Waals surface area (Å²) in [4.78, 5) is 14.3. The summed E-state index contributed by atoms with van der Waals surface area (Å²) in [6, 6.07) is 10.7. The first-order valence-electron chi connectivity index (χ1n) is 14.9. The average molecular weight is 657 g/mol. The summed E-state index contributed by atoms with van der Waals surface area (Å²) >= 11 is 1.46. The van der Waals surface area contributed by atoms with Crippen molar-refractivity contribution in [2.24, 2.45) is 11.8 Å². The summed E-state index contributed by atoms with van der Waals surface area (Å²) in [6.07, 6.45) is -7.16. The molecular weight excluding hydrogens is 624 g/mol. The second-order valence-corrected chi connectivity index (χ2v) is 12.7. The van der Waals surface area contributed by atoms with E-state index in [1.807, 2.05) is 23.6 Å². The lowest BCUT2D eigenvalue weighted by molar-refractivity contribution is -0.368. The minimum absolute atomic E-state index is 0.0242. The highest BCUT2D eigenvalue weighted by Crippen LogP contribution is 2.57. The van der Waals surface area contributed by atoms with E-state index in [9.17, 15) is 20.1 Å². The van der Waals surface area contributed by atoms with E-state index < -0.39 is 66.8 Å². The van der Waals surface area contributed by atoms with Gasteiger partial charge in [-0.2, -0.15) is 0 Å². The minimum atomic E-state index is -1.47. The first-order chi connectivity index (χ1) is 22.4. The smallest absolute Gasteiger partial charge is 0.310 e. The average Bonchev–Trinajstić information content (AvgIpc) is 3.85. The van der Waals surface area contributed by atoms with Crippen LogP contribution >= 0.6 is 11.3 Å². The van der Waals surface area contributed by atoms with Crippen molar-refractivity contribution in [1.29, 1.82) is 0 Å². The number of aliphatic hydroxyl groups is 2. The van der Waals surface area contributed by atoms with Crippen molar-refractivity contribution in [1.82, 2.24) is 0 Å². The van der Waals surface area contributed by atoms with Crippen LogP contribution in [-0.4, -0.2) is 86.2 Å². The molecule has 0 bridgehead atoms. The van der Waals surface area contributed by atoms with Gasteiger partial charge in [-0.25, -0.2) is 0 Å². The van der Waals surface area contributed by atoms with Crippen molar-refractivity contribution in [2.45, 2.75) is 49.0 Å². The van der Waals surface area contributed by atoms with E-state index in [0.717, 1.165) is 4.88 Å². The van der Waals surface area contributed by atoms with Crippen LogP contribution in [0.5, 0.6) is 28.7 Å². The number of esters is 1. The monoisotopic (exact) mass is 656 g/mol. The van der Waals surface area contributed by atoms with Crippen LogP contribution in [0, 0.1) is 11.8 Å². The highest BCUT2D eigenvalue weighted by atomic mass is 32.1. The number of rotatable bonds is 6. The topological polar surface area (TPSA) is 161 Å². The molecule has 3 saturated heterocycles. The first kappa shape index (κ1) is 29.8. The zero-order valence-corrected chi connectivity index (χ0v) is 25.6. The number of carbonyl (C=O) groups is 1. The minimum Gasteiger partial charge on any atom is -0.502 e. The number of phenolic OH excluding ortho intramolecular Hbond substituents is 1. The predicted molar refractivity (Wildman–Crippen MR) is 156 cm³/mol. The van der Waals surface area contributed by atoms with Gasteiger partial charge in [0.25, 0.3) is 0 Å². The molecule has 0 radical (unpaired) electrons. The Kier molecular flexibility index (Phi) is 7.48.